The number of guanidine groups is 1. The molecule has 0 unspecified atom stereocenters. The van der Waals surface area contributed by atoms with Gasteiger partial charge in [0.05, 0.1) is 13.2 Å². The van der Waals surface area contributed by atoms with Crippen LogP contribution in [0, 0.1) is 12.7 Å². The molecule has 0 atom stereocenters. The zero-order valence-corrected chi connectivity index (χ0v) is 17.8. The molecule has 0 aliphatic rings. The summed E-state index contributed by atoms with van der Waals surface area (Å²) >= 11 is 0. The minimum atomic E-state index is -0.195. The van der Waals surface area contributed by atoms with Crippen LogP contribution in [0.2, 0.25) is 0 Å². The molecule has 0 aromatic heterocycles. The third-order valence-electron chi connectivity index (χ3n) is 3.86. The average Bonchev–Trinajstić information content (AvgIpc) is 2.61. The molecule has 2 aromatic rings. The molecule has 0 spiro atoms. The highest BCUT2D eigenvalue weighted by Crippen LogP contribution is 2.11. The maximum absolute atomic E-state index is 13.6. The second kappa shape index (κ2) is 11.9. The Hall–Kier alpha value is -1.67. The highest BCUT2D eigenvalue weighted by atomic mass is 127. The van der Waals surface area contributed by atoms with Crippen LogP contribution >= 0.6 is 24.0 Å². The van der Waals surface area contributed by atoms with Gasteiger partial charge in [-0.25, -0.2) is 9.38 Å². The summed E-state index contributed by atoms with van der Waals surface area (Å²) in [6.07, 6.45) is 0. The van der Waals surface area contributed by atoms with Crippen LogP contribution < -0.4 is 10.6 Å². The van der Waals surface area contributed by atoms with E-state index in [0.717, 1.165) is 23.2 Å². The molecule has 2 aromatic carbocycles. The monoisotopic (exact) mass is 471 g/mol. The standard InChI is InChI=1S/C20H26FN3O.HI/c1-4-22-20(23-12-16-10-9-15(2)19(21)11-16)24-13-17-7-5-6-8-18(17)14-25-3;/h5-11H,4,12-14H2,1-3H3,(H2,22,23,24);1H. The van der Waals surface area contributed by atoms with E-state index in [4.69, 9.17) is 4.74 Å². The Morgan fingerprint density at radius 2 is 1.85 bits per heavy atom. The van der Waals surface area contributed by atoms with Crippen LogP contribution in [0.25, 0.3) is 0 Å². The molecule has 0 fully saturated rings. The minimum Gasteiger partial charge on any atom is -0.380 e. The van der Waals surface area contributed by atoms with Crippen molar-refractivity contribution in [2.75, 3.05) is 13.7 Å². The Morgan fingerprint density at radius 1 is 1.12 bits per heavy atom. The topological polar surface area (TPSA) is 45.7 Å². The summed E-state index contributed by atoms with van der Waals surface area (Å²) in [6, 6.07) is 13.4. The summed E-state index contributed by atoms with van der Waals surface area (Å²) in [7, 11) is 1.69. The highest BCUT2D eigenvalue weighted by molar-refractivity contribution is 14.0. The van der Waals surface area contributed by atoms with Crippen molar-refractivity contribution in [2.24, 2.45) is 4.99 Å². The van der Waals surface area contributed by atoms with Gasteiger partial charge in [0.25, 0.3) is 0 Å². The molecule has 0 saturated heterocycles. The van der Waals surface area contributed by atoms with Gasteiger partial charge in [0.2, 0.25) is 0 Å². The summed E-state index contributed by atoms with van der Waals surface area (Å²) in [4.78, 5) is 4.54. The first-order chi connectivity index (χ1) is 12.1. The lowest BCUT2D eigenvalue weighted by atomic mass is 10.1. The zero-order chi connectivity index (χ0) is 18.1. The number of rotatable bonds is 7. The van der Waals surface area contributed by atoms with E-state index in [1.807, 2.05) is 25.1 Å². The van der Waals surface area contributed by atoms with E-state index in [2.05, 4.69) is 27.8 Å². The summed E-state index contributed by atoms with van der Waals surface area (Å²) in [5.41, 5.74) is 3.80. The van der Waals surface area contributed by atoms with Crippen molar-refractivity contribution in [1.29, 1.82) is 0 Å². The molecule has 26 heavy (non-hydrogen) atoms. The summed E-state index contributed by atoms with van der Waals surface area (Å²) in [6.45, 7) is 6.18. The first kappa shape index (κ1) is 22.4. The summed E-state index contributed by atoms with van der Waals surface area (Å²) < 4.78 is 18.9. The molecular formula is C20H27FIN3O. The predicted molar refractivity (Wildman–Crippen MR) is 115 cm³/mol. The number of hydrogen-bond acceptors (Lipinski definition) is 2. The van der Waals surface area contributed by atoms with Crippen LogP contribution in [0.3, 0.4) is 0 Å². The number of methoxy groups -OCH3 is 1. The largest absolute Gasteiger partial charge is 0.380 e. The second-order valence-electron chi connectivity index (χ2n) is 5.83. The van der Waals surface area contributed by atoms with Crippen molar-refractivity contribution in [3.8, 4) is 0 Å². The smallest absolute Gasteiger partial charge is 0.191 e. The van der Waals surface area contributed by atoms with Gasteiger partial charge in [-0.2, -0.15) is 0 Å². The van der Waals surface area contributed by atoms with Crippen LogP contribution in [0.5, 0.6) is 0 Å². The summed E-state index contributed by atoms with van der Waals surface area (Å²) in [5, 5.41) is 6.54. The second-order valence-corrected chi connectivity index (χ2v) is 5.83. The third-order valence-corrected chi connectivity index (χ3v) is 3.86. The van der Waals surface area contributed by atoms with Gasteiger partial charge in [-0.05, 0) is 42.2 Å². The summed E-state index contributed by atoms with van der Waals surface area (Å²) in [5.74, 6) is 0.509. The van der Waals surface area contributed by atoms with Crippen molar-refractivity contribution in [1.82, 2.24) is 10.6 Å². The molecule has 0 aliphatic carbocycles. The molecule has 0 bridgehead atoms. The molecule has 0 saturated carbocycles. The maximum atomic E-state index is 13.6. The Kier molecular flexibility index (Phi) is 10.2. The molecule has 0 radical (unpaired) electrons. The van der Waals surface area contributed by atoms with Gasteiger partial charge in [-0.3, -0.25) is 0 Å². The molecule has 142 valence electrons. The fourth-order valence-electron chi connectivity index (χ4n) is 2.45. The predicted octanol–water partition coefficient (Wildman–Crippen LogP) is 4.15. The van der Waals surface area contributed by atoms with E-state index in [-0.39, 0.29) is 29.8 Å². The number of nitrogens with one attached hydrogen (secondary N) is 2. The SMILES string of the molecule is CCNC(=NCc1ccc(C)c(F)c1)NCc1ccccc1COC.I. The van der Waals surface area contributed by atoms with Gasteiger partial charge < -0.3 is 15.4 Å². The van der Waals surface area contributed by atoms with Crippen molar-refractivity contribution in [3.63, 3.8) is 0 Å². The number of hydrogen-bond donors (Lipinski definition) is 2. The fourth-order valence-corrected chi connectivity index (χ4v) is 2.45. The third kappa shape index (κ3) is 6.92. The Balaban J connectivity index is 0.00000338. The van der Waals surface area contributed by atoms with Crippen LogP contribution in [0.4, 0.5) is 4.39 Å². The Morgan fingerprint density at radius 3 is 2.50 bits per heavy atom. The molecule has 4 nitrogen and oxygen atoms in total. The van der Waals surface area contributed by atoms with Gasteiger partial charge in [0.1, 0.15) is 5.82 Å². The molecule has 0 heterocycles. The Bertz CT molecular complexity index is 722. The van der Waals surface area contributed by atoms with Crippen molar-refractivity contribution in [2.45, 2.75) is 33.5 Å². The van der Waals surface area contributed by atoms with E-state index < -0.39 is 0 Å². The van der Waals surface area contributed by atoms with Crippen molar-refractivity contribution < 1.29 is 9.13 Å². The lowest BCUT2D eigenvalue weighted by Gasteiger charge is -2.14. The molecule has 0 amide bonds. The van der Waals surface area contributed by atoms with Gasteiger partial charge >= 0.3 is 0 Å². The lowest BCUT2D eigenvalue weighted by Crippen LogP contribution is -2.37. The number of aliphatic imine (C=N–C) groups is 1. The molecule has 2 N–H and O–H groups in total. The first-order valence-corrected chi connectivity index (χ1v) is 8.47. The average molecular weight is 471 g/mol. The van der Waals surface area contributed by atoms with Crippen LogP contribution in [0.15, 0.2) is 47.5 Å². The van der Waals surface area contributed by atoms with Gasteiger partial charge in [0, 0.05) is 20.2 Å². The minimum absolute atomic E-state index is 0. The van der Waals surface area contributed by atoms with E-state index in [0.29, 0.717) is 31.2 Å². The normalized spacial score (nSPS) is 11.0. The molecule has 6 heteroatoms. The fraction of sp³-hybridized carbons (Fsp3) is 0.350. The molecule has 2 rings (SSSR count). The zero-order valence-electron chi connectivity index (χ0n) is 15.5. The maximum Gasteiger partial charge on any atom is 0.191 e. The quantitative estimate of drug-likeness (QED) is 0.362. The van der Waals surface area contributed by atoms with Gasteiger partial charge in [0.15, 0.2) is 5.96 Å². The number of aryl methyl sites for hydroxylation is 1. The van der Waals surface area contributed by atoms with Gasteiger partial charge in [-0.15, -0.1) is 24.0 Å². The first-order valence-electron chi connectivity index (χ1n) is 8.47. The molecule has 0 aliphatic heterocycles. The van der Waals surface area contributed by atoms with E-state index in [9.17, 15) is 4.39 Å². The number of ether oxygens (including phenoxy) is 1. The van der Waals surface area contributed by atoms with E-state index in [1.54, 1.807) is 20.1 Å². The van der Waals surface area contributed by atoms with Crippen molar-refractivity contribution in [3.05, 3.63) is 70.5 Å². The lowest BCUT2D eigenvalue weighted by molar-refractivity contribution is 0.184. The number of halogens is 2. The van der Waals surface area contributed by atoms with E-state index in [1.165, 1.54) is 6.07 Å². The molecular weight excluding hydrogens is 444 g/mol. The number of nitrogens with zero attached hydrogens (tertiary/aromatic N) is 1. The van der Waals surface area contributed by atoms with Crippen LogP contribution in [0.1, 0.15) is 29.2 Å². The van der Waals surface area contributed by atoms with Crippen LogP contribution in [-0.4, -0.2) is 19.6 Å². The van der Waals surface area contributed by atoms with Crippen molar-refractivity contribution >= 4 is 29.9 Å². The van der Waals surface area contributed by atoms with Crippen LogP contribution in [-0.2, 0) is 24.4 Å². The number of benzene rings is 2. The highest BCUT2D eigenvalue weighted by Gasteiger charge is 2.04. The Labute approximate surface area is 172 Å². The van der Waals surface area contributed by atoms with E-state index >= 15 is 0 Å². The van der Waals surface area contributed by atoms with Gasteiger partial charge in [-0.1, -0.05) is 36.4 Å².